The molecule has 0 aliphatic rings. The molecule has 0 spiro atoms. The summed E-state index contributed by atoms with van der Waals surface area (Å²) in [6.07, 6.45) is 0. The lowest BCUT2D eigenvalue weighted by atomic mass is 10.2. The smallest absolute Gasteiger partial charge is 0.303 e. The number of benzene rings is 1. The summed E-state index contributed by atoms with van der Waals surface area (Å²) in [5.41, 5.74) is 1.63. The number of nitro benzene ring substituents is 1. The van der Waals surface area contributed by atoms with E-state index in [1.165, 1.54) is 17.7 Å². The first-order valence-electron chi connectivity index (χ1n) is 7.04. The van der Waals surface area contributed by atoms with Gasteiger partial charge in [0.05, 0.1) is 22.0 Å². The van der Waals surface area contributed by atoms with Crippen LogP contribution in [0.5, 0.6) is 0 Å². The summed E-state index contributed by atoms with van der Waals surface area (Å²) in [5, 5.41) is 18.0. The second kappa shape index (κ2) is 6.90. The molecule has 9 nitrogen and oxygen atoms in total. The fourth-order valence-electron chi connectivity index (χ4n) is 2.20. The van der Waals surface area contributed by atoms with Crippen LogP contribution in [0.3, 0.4) is 0 Å². The van der Waals surface area contributed by atoms with Crippen molar-refractivity contribution in [1.82, 2.24) is 9.78 Å². The zero-order valence-electron chi connectivity index (χ0n) is 13.4. The van der Waals surface area contributed by atoms with Crippen molar-refractivity contribution in [3.63, 3.8) is 0 Å². The molecule has 0 saturated heterocycles. The number of nitrogens with zero attached hydrogens (tertiary/aromatic N) is 3. The zero-order valence-corrected chi connectivity index (χ0v) is 13.4. The Morgan fingerprint density at radius 2 is 2.00 bits per heavy atom. The van der Waals surface area contributed by atoms with Gasteiger partial charge in [0.2, 0.25) is 0 Å². The van der Waals surface area contributed by atoms with E-state index in [0.717, 1.165) is 0 Å². The third-order valence-corrected chi connectivity index (χ3v) is 3.27. The van der Waals surface area contributed by atoms with Crippen molar-refractivity contribution < 1.29 is 19.2 Å². The molecule has 9 heteroatoms. The van der Waals surface area contributed by atoms with Gasteiger partial charge in [-0.2, -0.15) is 5.10 Å². The molecule has 0 atom stereocenters. The Bertz CT molecular complexity index is 812. The largest absolute Gasteiger partial charge is 0.456 e. The van der Waals surface area contributed by atoms with Crippen LogP contribution in [0, 0.1) is 24.0 Å². The SMILES string of the molecule is CC(=O)OCC(=O)Nc1c(C)nn(-c2ccccc2[N+](=O)[O-])c1C. The minimum atomic E-state index is -0.561. The van der Waals surface area contributed by atoms with Gasteiger partial charge in [0.1, 0.15) is 5.69 Å². The number of hydrogen-bond acceptors (Lipinski definition) is 6. The lowest BCUT2D eigenvalue weighted by molar-refractivity contribution is -0.384. The van der Waals surface area contributed by atoms with Gasteiger partial charge < -0.3 is 10.1 Å². The van der Waals surface area contributed by atoms with E-state index < -0.39 is 23.4 Å². The highest BCUT2D eigenvalue weighted by Gasteiger charge is 2.21. The predicted octanol–water partition coefficient (Wildman–Crippen LogP) is 1.90. The number of aryl methyl sites for hydroxylation is 1. The number of esters is 1. The van der Waals surface area contributed by atoms with Crippen LogP contribution < -0.4 is 5.32 Å². The topological polar surface area (TPSA) is 116 Å². The fourth-order valence-corrected chi connectivity index (χ4v) is 2.20. The molecule has 24 heavy (non-hydrogen) atoms. The maximum atomic E-state index is 11.8. The van der Waals surface area contributed by atoms with Crippen LogP contribution in [0.2, 0.25) is 0 Å². The maximum Gasteiger partial charge on any atom is 0.303 e. The highest BCUT2D eigenvalue weighted by Crippen LogP contribution is 2.27. The highest BCUT2D eigenvalue weighted by atomic mass is 16.6. The molecule has 0 saturated carbocycles. The molecule has 126 valence electrons. The van der Waals surface area contributed by atoms with Gasteiger partial charge in [0.25, 0.3) is 11.6 Å². The number of ether oxygens (including phenoxy) is 1. The van der Waals surface area contributed by atoms with Gasteiger partial charge in [0, 0.05) is 13.0 Å². The van der Waals surface area contributed by atoms with Crippen molar-refractivity contribution in [2.45, 2.75) is 20.8 Å². The lowest BCUT2D eigenvalue weighted by Gasteiger charge is -2.07. The lowest BCUT2D eigenvalue weighted by Crippen LogP contribution is -2.20. The van der Waals surface area contributed by atoms with Gasteiger partial charge in [-0.05, 0) is 19.9 Å². The molecule has 2 aromatic rings. The zero-order chi connectivity index (χ0) is 17.9. The van der Waals surface area contributed by atoms with Crippen molar-refractivity contribution in [1.29, 1.82) is 0 Å². The van der Waals surface area contributed by atoms with Crippen LogP contribution in [0.1, 0.15) is 18.3 Å². The van der Waals surface area contributed by atoms with Gasteiger partial charge in [-0.25, -0.2) is 4.68 Å². The summed E-state index contributed by atoms with van der Waals surface area (Å²) < 4.78 is 6.03. The molecule has 1 aromatic carbocycles. The molecular formula is C15H16N4O5. The van der Waals surface area contributed by atoms with Crippen molar-refractivity contribution >= 4 is 23.3 Å². The van der Waals surface area contributed by atoms with E-state index in [-0.39, 0.29) is 5.69 Å². The fraction of sp³-hybridized carbons (Fsp3) is 0.267. The second-order valence-corrected chi connectivity index (χ2v) is 5.03. The minimum absolute atomic E-state index is 0.0964. The molecule has 1 N–H and O–H groups in total. The summed E-state index contributed by atoms with van der Waals surface area (Å²) in [7, 11) is 0. The van der Waals surface area contributed by atoms with E-state index in [1.807, 2.05) is 0 Å². The third kappa shape index (κ3) is 3.57. The quantitative estimate of drug-likeness (QED) is 0.508. The number of rotatable bonds is 5. The Hall–Kier alpha value is -3.23. The molecule has 1 amide bonds. The number of aromatic nitrogens is 2. The average molecular weight is 332 g/mol. The monoisotopic (exact) mass is 332 g/mol. The van der Waals surface area contributed by atoms with Gasteiger partial charge in [-0.1, -0.05) is 12.1 Å². The van der Waals surface area contributed by atoms with Crippen LogP contribution in [0.25, 0.3) is 5.69 Å². The number of nitro groups is 1. The first-order valence-corrected chi connectivity index (χ1v) is 7.04. The summed E-state index contributed by atoms with van der Waals surface area (Å²) in [4.78, 5) is 33.2. The van der Waals surface area contributed by atoms with Gasteiger partial charge in [-0.3, -0.25) is 19.7 Å². The normalized spacial score (nSPS) is 10.3. The number of carbonyl (C=O) groups excluding carboxylic acids is 2. The molecule has 0 fully saturated rings. The van der Waals surface area contributed by atoms with Crippen LogP contribution in [0.15, 0.2) is 24.3 Å². The van der Waals surface area contributed by atoms with Gasteiger partial charge >= 0.3 is 5.97 Å². The highest BCUT2D eigenvalue weighted by molar-refractivity contribution is 5.93. The standard InChI is InChI=1S/C15H16N4O5/c1-9-15(16-14(21)8-24-11(3)20)10(2)18(17-9)12-6-4-5-7-13(12)19(22)23/h4-7H,8H2,1-3H3,(H,16,21). The number of amides is 1. The molecule has 1 aromatic heterocycles. The molecule has 0 bridgehead atoms. The van der Waals surface area contributed by atoms with E-state index in [2.05, 4.69) is 15.2 Å². The van der Waals surface area contributed by atoms with Crippen molar-refractivity contribution in [2.75, 3.05) is 11.9 Å². The number of para-hydroxylation sites is 2. The number of nitrogens with one attached hydrogen (secondary N) is 1. The second-order valence-electron chi connectivity index (χ2n) is 5.03. The van der Waals surface area contributed by atoms with E-state index in [9.17, 15) is 19.7 Å². The Morgan fingerprint density at radius 3 is 2.62 bits per heavy atom. The molecule has 0 radical (unpaired) electrons. The molecule has 1 heterocycles. The number of hydrogen-bond donors (Lipinski definition) is 1. The molecule has 2 rings (SSSR count). The first-order chi connectivity index (χ1) is 11.3. The third-order valence-electron chi connectivity index (χ3n) is 3.27. The molecule has 0 aliphatic carbocycles. The Labute approximate surface area is 137 Å². The maximum absolute atomic E-state index is 11.8. The van der Waals surface area contributed by atoms with Crippen molar-refractivity contribution in [3.05, 3.63) is 45.8 Å². The van der Waals surface area contributed by atoms with Crippen LogP contribution in [0.4, 0.5) is 11.4 Å². The Kier molecular flexibility index (Phi) is 4.93. The first kappa shape index (κ1) is 17.1. The predicted molar refractivity (Wildman–Crippen MR) is 85.0 cm³/mol. The number of carbonyl (C=O) groups is 2. The summed E-state index contributed by atoms with van der Waals surface area (Å²) in [5.74, 6) is -1.08. The van der Waals surface area contributed by atoms with E-state index >= 15 is 0 Å². The van der Waals surface area contributed by atoms with E-state index in [0.29, 0.717) is 22.8 Å². The van der Waals surface area contributed by atoms with E-state index in [4.69, 9.17) is 0 Å². The minimum Gasteiger partial charge on any atom is -0.456 e. The Balaban J connectivity index is 2.35. The molecular weight excluding hydrogens is 316 g/mol. The van der Waals surface area contributed by atoms with Crippen molar-refractivity contribution in [2.24, 2.45) is 0 Å². The molecule has 0 unspecified atom stereocenters. The Morgan fingerprint density at radius 1 is 1.33 bits per heavy atom. The summed E-state index contributed by atoms with van der Waals surface area (Å²) in [6.45, 7) is 4.14. The average Bonchev–Trinajstić information content (AvgIpc) is 2.81. The van der Waals surface area contributed by atoms with E-state index in [1.54, 1.807) is 32.0 Å². The van der Waals surface area contributed by atoms with Crippen molar-refractivity contribution in [3.8, 4) is 5.69 Å². The van der Waals surface area contributed by atoms with Gasteiger partial charge in [-0.15, -0.1) is 0 Å². The summed E-state index contributed by atoms with van der Waals surface area (Å²) in [6, 6.07) is 6.18. The number of anilines is 1. The summed E-state index contributed by atoms with van der Waals surface area (Å²) >= 11 is 0. The van der Waals surface area contributed by atoms with Crippen LogP contribution >= 0.6 is 0 Å². The molecule has 0 aliphatic heterocycles. The van der Waals surface area contributed by atoms with Crippen LogP contribution in [-0.4, -0.2) is 33.2 Å². The van der Waals surface area contributed by atoms with Crippen LogP contribution in [-0.2, 0) is 14.3 Å². The van der Waals surface area contributed by atoms with Gasteiger partial charge in [0.15, 0.2) is 6.61 Å².